The van der Waals surface area contributed by atoms with Gasteiger partial charge < -0.3 is 14.4 Å². The molecule has 130 valence electrons. The van der Waals surface area contributed by atoms with Gasteiger partial charge in [-0.05, 0) is 24.1 Å². The third-order valence-corrected chi connectivity index (χ3v) is 4.85. The number of amides is 1. The van der Waals surface area contributed by atoms with Crippen molar-refractivity contribution in [3.8, 4) is 5.88 Å². The molecular weight excluding hydrogens is 316 g/mol. The molecule has 0 radical (unpaired) electrons. The van der Waals surface area contributed by atoms with E-state index in [0.717, 1.165) is 12.1 Å². The summed E-state index contributed by atoms with van der Waals surface area (Å²) in [6.45, 7) is 3.75. The molecule has 1 aromatic carbocycles. The number of aromatic nitrogens is 1. The highest BCUT2D eigenvalue weighted by atomic mass is 16.5. The fraction of sp³-hybridized carbons (Fsp3) is 0.400. The van der Waals surface area contributed by atoms with Crippen LogP contribution < -0.4 is 4.74 Å². The zero-order valence-corrected chi connectivity index (χ0v) is 14.4. The van der Waals surface area contributed by atoms with Gasteiger partial charge in [-0.15, -0.1) is 0 Å². The second kappa shape index (κ2) is 6.84. The third kappa shape index (κ3) is 3.51. The summed E-state index contributed by atoms with van der Waals surface area (Å²) in [6, 6.07) is 13.9. The van der Waals surface area contributed by atoms with Crippen LogP contribution in [0.3, 0.4) is 0 Å². The standard InChI is InChI=1S/C20H22N2O3/c1-14-5-4-8-19(21-14)25-17-9-10-22(12-17)20(23)18-11-15-6-2-3-7-16(15)13-24-18/h2-8,17-18H,9-13H2,1H3. The number of benzene rings is 1. The van der Waals surface area contributed by atoms with E-state index in [9.17, 15) is 4.79 Å². The fourth-order valence-corrected chi connectivity index (χ4v) is 3.49. The largest absolute Gasteiger partial charge is 0.472 e. The molecule has 2 aromatic rings. The van der Waals surface area contributed by atoms with Crippen molar-refractivity contribution >= 4 is 5.91 Å². The number of hydrogen-bond acceptors (Lipinski definition) is 4. The average molecular weight is 338 g/mol. The Kier molecular flexibility index (Phi) is 4.40. The van der Waals surface area contributed by atoms with E-state index in [1.54, 1.807) is 0 Å². The summed E-state index contributed by atoms with van der Waals surface area (Å²) >= 11 is 0. The SMILES string of the molecule is Cc1cccc(OC2CCN(C(=O)C3Cc4ccccc4CO3)C2)n1. The molecule has 5 nitrogen and oxygen atoms in total. The van der Waals surface area contributed by atoms with E-state index >= 15 is 0 Å². The molecule has 2 aliphatic rings. The summed E-state index contributed by atoms with van der Waals surface area (Å²) in [4.78, 5) is 19.0. The number of rotatable bonds is 3. The zero-order valence-electron chi connectivity index (χ0n) is 14.4. The van der Waals surface area contributed by atoms with Gasteiger partial charge in [0.25, 0.3) is 5.91 Å². The predicted molar refractivity (Wildman–Crippen MR) is 93.3 cm³/mol. The van der Waals surface area contributed by atoms with Crippen molar-refractivity contribution in [1.82, 2.24) is 9.88 Å². The highest BCUT2D eigenvalue weighted by Gasteiger charge is 2.34. The Bertz CT molecular complexity index is 777. The molecular formula is C20H22N2O3. The maximum Gasteiger partial charge on any atom is 0.252 e. The molecule has 0 saturated carbocycles. The first-order chi connectivity index (χ1) is 12.2. The molecule has 1 amide bonds. The highest BCUT2D eigenvalue weighted by Crippen LogP contribution is 2.24. The van der Waals surface area contributed by atoms with Gasteiger partial charge in [-0.2, -0.15) is 0 Å². The van der Waals surface area contributed by atoms with E-state index in [2.05, 4.69) is 17.1 Å². The Morgan fingerprint density at radius 3 is 2.88 bits per heavy atom. The van der Waals surface area contributed by atoms with Gasteiger partial charge in [-0.1, -0.05) is 30.3 Å². The number of carbonyl (C=O) groups is 1. The highest BCUT2D eigenvalue weighted by molar-refractivity contribution is 5.82. The van der Waals surface area contributed by atoms with E-state index in [1.165, 1.54) is 11.1 Å². The van der Waals surface area contributed by atoms with Crippen LogP contribution >= 0.6 is 0 Å². The van der Waals surface area contributed by atoms with Crippen LogP contribution in [0.2, 0.25) is 0 Å². The van der Waals surface area contributed by atoms with Crippen molar-refractivity contribution < 1.29 is 14.3 Å². The van der Waals surface area contributed by atoms with Crippen molar-refractivity contribution in [3.05, 3.63) is 59.3 Å². The lowest BCUT2D eigenvalue weighted by Crippen LogP contribution is -2.42. The monoisotopic (exact) mass is 338 g/mol. The van der Waals surface area contributed by atoms with Gasteiger partial charge in [0.2, 0.25) is 5.88 Å². The summed E-state index contributed by atoms with van der Waals surface area (Å²) in [5, 5.41) is 0. The Balaban J connectivity index is 1.36. The van der Waals surface area contributed by atoms with Crippen LogP contribution in [0.25, 0.3) is 0 Å². The number of ether oxygens (including phenoxy) is 2. The van der Waals surface area contributed by atoms with Gasteiger partial charge >= 0.3 is 0 Å². The zero-order chi connectivity index (χ0) is 17.2. The normalized spacial score (nSPS) is 22.5. The van der Waals surface area contributed by atoms with Crippen LogP contribution in [-0.2, 0) is 22.6 Å². The van der Waals surface area contributed by atoms with Crippen LogP contribution in [0, 0.1) is 6.92 Å². The van der Waals surface area contributed by atoms with Crippen LogP contribution in [0.1, 0.15) is 23.2 Å². The third-order valence-electron chi connectivity index (χ3n) is 4.85. The second-order valence-corrected chi connectivity index (χ2v) is 6.70. The van der Waals surface area contributed by atoms with Crippen molar-refractivity contribution in [2.75, 3.05) is 13.1 Å². The van der Waals surface area contributed by atoms with Crippen LogP contribution in [0.5, 0.6) is 5.88 Å². The Morgan fingerprint density at radius 1 is 1.20 bits per heavy atom. The molecule has 0 N–H and O–H groups in total. The van der Waals surface area contributed by atoms with Gasteiger partial charge in [0.15, 0.2) is 0 Å². The molecule has 1 aromatic heterocycles. The molecule has 0 aliphatic carbocycles. The maximum atomic E-state index is 12.8. The first kappa shape index (κ1) is 16.1. The summed E-state index contributed by atoms with van der Waals surface area (Å²) in [5.41, 5.74) is 3.32. The molecule has 4 rings (SSSR count). The first-order valence-electron chi connectivity index (χ1n) is 8.76. The fourth-order valence-electron chi connectivity index (χ4n) is 3.49. The van der Waals surface area contributed by atoms with Gasteiger partial charge in [-0.3, -0.25) is 4.79 Å². The molecule has 25 heavy (non-hydrogen) atoms. The molecule has 0 bridgehead atoms. The number of pyridine rings is 1. The van der Waals surface area contributed by atoms with Crippen molar-refractivity contribution in [2.45, 2.75) is 38.6 Å². The minimum absolute atomic E-state index is 0.00544. The lowest BCUT2D eigenvalue weighted by molar-refractivity contribution is -0.144. The first-order valence-corrected chi connectivity index (χ1v) is 8.76. The van der Waals surface area contributed by atoms with Gasteiger partial charge in [-0.25, -0.2) is 4.98 Å². The lowest BCUT2D eigenvalue weighted by Gasteiger charge is -2.28. The summed E-state index contributed by atoms with van der Waals surface area (Å²) in [5.74, 6) is 0.694. The summed E-state index contributed by atoms with van der Waals surface area (Å²) in [6.07, 6.45) is 1.08. The minimum atomic E-state index is -0.384. The molecule has 2 aliphatic heterocycles. The molecule has 5 heteroatoms. The van der Waals surface area contributed by atoms with E-state index in [1.807, 2.05) is 42.2 Å². The number of fused-ring (bicyclic) bond motifs is 1. The number of hydrogen-bond donors (Lipinski definition) is 0. The molecule has 1 saturated heterocycles. The van der Waals surface area contributed by atoms with Crippen LogP contribution in [0.15, 0.2) is 42.5 Å². The number of carbonyl (C=O) groups excluding carboxylic acids is 1. The number of aryl methyl sites for hydroxylation is 1. The van der Waals surface area contributed by atoms with Gasteiger partial charge in [0, 0.05) is 31.1 Å². The number of nitrogens with zero attached hydrogens (tertiary/aromatic N) is 2. The summed E-state index contributed by atoms with van der Waals surface area (Å²) < 4.78 is 11.7. The van der Waals surface area contributed by atoms with Crippen LogP contribution in [0.4, 0.5) is 0 Å². The molecule has 1 fully saturated rings. The molecule has 0 spiro atoms. The second-order valence-electron chi connectivity index (χ2n) is 6.70. The van der Waals surface area contributed by atoms with Crippen LogP contribution in [-0.4, -0.2) is 41.1 Å². The van der Waals surface area contributed by atoms with Crippen molar-refractivity contribution in [1.29, 1.82) is 0 Å². The predicted octanol–water partition coefficient (Wildman–Crippen LogP) is 2.51. The quantitative estimate of drug-likeness (QED) is 0.863. The lowest BCUT2D eigenvalue weighted by atomic mass is 9.98. The topological polar surface area (TPSA) is 51.7 Å². The van der Waals surface area contributed by atoms with Crippen molar-refractivity contribution in [3.63, 3.8) is 0 Å². The Morgan fingerprint density at radius 2 is 2.04 bits per heavy atom. The Hall–Kier alpha value is -2.40. The van der Waals surface area contributed by atoms with E-state index in [-0.39, 0.29) is 18.1 Å². The minimum Gasteiger partial charge on any atom is -0.472 e. The maximum absolute atomic E-state index is 12.8. The van der Waals surface area contributed by atoms with E-state index < -0.39 is 0 Å². The average Bonchev–Trinajstić information content (AvgIpc) is 3.09. The van der Waals surface area contributed by atoms with Crippen molar-refractivity contribution in [2.24, 2.45) is 0 Å². The molecule has 2 unspecified atom stereocenters. The molecule has 2 atom stereocenters. The smallest absolute Gasteiger partial charge is 0.252 e. The van der Waals surface area contributed by atoms with E-state index in [4.69, 9.17) is 9.47 Å². The van der Waals surface area contributed by atoms with E-state index in [0.29, 0.717) is 32.0 Å². The molecule has 3 heterocycles. The number of likely N-dealkylation sites (tertiary alicyclic amines) is 1. The van der Waals surface area contributed by atoms with Gasteiger partial charge in [0.1, 0.15) is 12.2 Å². The van der Waals surface area contributed by atoms with Gasteiger partial charge in [0.05, 0.1) is 13.2 Å². The summed E-state index contributed by atoms with van der Waals surface area (Å²) in [7, 11) is 0. The Labute approximate surface area is 147 Å².